The van der Waals surface area contributed by atoms with Gasteiger partial charge < -0.3 is 4.57 Å². The highest BCUT2D eigenvalue weighted by Gasteiger charge is 2.21. The first-order valence-electron chi connectivity index (χ1n) is 17.4. The Morgan fingerprint density at radius 3 is 2.16 bits per heavy atom. The Morgan fingerprint density at radius 2 is 1.32 bits per heavy atom. The van der Waals surface area contributed by atoms with Gasteiger partial charge in [-0.25, -0.2) is 0 Å². The Balaban J connectivity index is 1.22. The van der Waals surface area contributed by atoms with Crippen molar-refractivity contribution < 1.29 is 0 Å². The van der Waals surface area contributed by atoms with Gasteiger partial charge in [0, 0.05) is 10.8 Å². The maximum atomic E-state index is 6.34. The van der Waals surface area contributed by atoms with Gasteiger partial charge in [0.25, 0.3) is 0 Å². The quantitative estimate of drug-likeness (QED) is 0.131. The first-order valence-corrected chi connectivity index (χ1v) is 17.4. The van der Waals surface area contributed by atoms with E-state index in [1.165, 1.54) is 76.8 Å². The van der Waals surface area contributed by atoms with Gasteiger partial charge in [-0.1, -0.05) is 139 Å². The second-order valence-electron chi connectivity index (χ2n) is 13.2. The highest BCUT2D eigenvalue weighted by Crippen LogP contribution is 2.43. The summed E-state index contributed by atoms with van der Waals surface area (Å²) in [6.45, 7) is 2.23. The fourth-order valence-corrected chi connectivity index (χ4v) is 8.01. The van der Waals surface area contributed by atoms with Crippen molar-refractivity contribution in [2.75, 3.05) is 0 Å². The molecule has 0 unspecified atom stereocenters. The zero-order valence-electron chi connectivity index (χ0n) is 28.0. The molecule has 0 radical (unpaired) electrons. The van der Waals surface area contributed by atoms with Crippen molar-refractivity contribution in [1.29, 1.82) is 0 Å². The third-order valence-corrected chi connectivity index (χ3v) is 10.3. The van der Waals surface area contributed by atoms with E-state index in [0.717, 1.165) is 29.6 Å². The number of allylic oxidation sites excluding steroid dienone is 5. The smallest absolute Gasteiger partial charge is 0.0967 e. The number of rotatable bonds is 5. The summed E-state index contributed by atoms with van der Waals surface area (Å²) in [5, 5.41) is 7.46. The summed E-state index contributed by atoms with van der Waals surface area (Å²) in [6.07, 6.45) is 17.4. The number of hydrogen-bond donors (Lipinski definition) is 0. The molecule has 7 aromatic carbocycles. The summed E-state index contributed by atoms with van der Waals surface area (Å²) < 4.78 is 2.24. The summed E-state index contributed by atoms with van der Waals surface area (Å²) in [7, 11) is 0. The number of terminal acetylenes is 1. The van der Waals surface area contributed by atoms with Crippen LogP contribution in [-0.2, 0) is 6.42 Å². The standard InChI is InChI=1S/C49H35N/c1-3-39(50-46-24-14-13-19-40(46)45-32-37(28-30-47(45)50)34-15-5-4-6-16-34)29-25-33(2)48-41-20-9-11-22-43(41)49(44-23-12-10-21-42(44)48)38-27-26-35-17-7-8-18-36(35)31-38/h1,4-9,11-20,22-32H,10,21H2,2H3/b33-25+,39-29+. The zero-order valence-corrected chi connectivity index (χ0v) is 28.0. The fourth-order valence-electron chi connectivity index (χ4n) is 8.01. The van der Waals surface area contributed by atoms with E-state index in [0.29, 0.717) is 0 Å². The highest BCUT2D eigenvalue weighted by atomic mass is 15.0. The predicted molar refractivity (Wildman–Crippen MR) is 216 cm³/mol. The minimum Gasteiger partial charge on any atom is -0.302 e. The molecule has 0 spiro atoms. The van der Waals surface area contributed by atoms with E-state index in [4.69, 9.17) is 6.42 Å². The fraction of sp³-hybridized carbons (Fsp3) is 0.0612. The van der Waals surface area contributed by atoms with Crippen LogP contribution in [0.5, 0.6) is 0 Å². The molecule has 0 fully saturated rings. The maximum Gasteiger partial charge on any atom is 0.0967 e. The Morgan fingerprint density at radius 1 is 0.620 bits per heavy atom. The van der Waals surface area contributed by atoms with E-state index >= 15 is 0 Å². The summed E-state index contributed by atoms with van der Waals surface area (Å²) in [5.41, 5.74) is 13.2. The lowest BCUT2D eigenvalue weighted by atomic mass is 9.80. The first kappa shape index (κ1) is 29.8. The molecule has 1 nitrogen and oxygen atoms in total. The second kappa shape index (κ2) is 12.3. The van der Waals surface area contributed by atoms with Gasteiger partial charge in [-0.05, 0) is 116 Å². The maximum absolute atomic E-state index is 6.34. The van der Waals surface area contributed by atoms with Crippen LogP contribution in [-0.4, -0.2) is 4.57 Å². The molecule has 0 aliphatic heterocycles. The van der Waals surface area contributed by atoms with Gasteiger partial charge >= 0.3 is 0 Å². The number of nitrogens with zero attached hydrogens (tertiary/aromatic N) is 1. The van der Waals surface area contributed by atoms with E-state index in [9.17, 15) is 0 Å². The molecule has 1 aromatic heterocycles. The predicted octanol–water partition coefficient (Wildman–Crippen LogP) is 13.0. The van der Waals surface area contributed by atoms with Crippen LogP contribution in [0.2, 0.25) is 0 Å². The molecule has 1 aliphatic rings. The van der Waals surface area contributed by atoms with Crippen LogP contribution in [0, 0.1) is 12.3 Å². The van der Waals surface area contributed by atoms with E-state index in [-0.39, 0.29) is 0 Å². The number of benzene rings is 7. The van der Waals surface area contributed by atoms with Crippen molar-refractivity contribution in [3.05, 3.63) is 174 Å². The minimum atomic E-state index is 0.814. The monoisotopic (exact) mass is 637 g/mol. The largest absolute Gasteiger partial charge is 0.302 e. The Bertz CT molecular complexity index is 2760. The second-order valence-corrected chi connectivity index (χ2v) is 13.2. The normalized spacial score (nSPS) is 13.3. The molecule has 0 N–H and O–H groups in total. The van der Waals surface area contributed by atoms with E-state index in [1.807, 2.05) is 0 Å². The van der Waals surface area contributed by atoms with Crippen LogP contribution < -0.4 is 0 Å². The van der Waals surface area contributed by atoms with Gasteiger partial charge in [-0.2, -0.15) is 0 Å². The van der Waals surface area contributed by atoms with Gasteiger partial charge in [0.2, 0.25) is 0 Å². The van der Waals surface area contributed by atoms with Crippen molar-refractivity contribution in [2.45, 2.75) is 19.8 Å². The molecule has 1 aliphatic carbocycles. The summed E-state index contributed by atoms with van der Waals surface area (Å²) in [4.78, 5) is 0. The Kier molecular flexibility index (Phi) is 7.30. The molecule has 9 rings (SSSR count). The highest BCUT2D eigenvalue weighted by molar-refractivity contribution is 6.12. The summed E-state index contributed by atoms with van der Waals surface area (Å²) >= 11 is 0. The molecule has 0 saturated heterocycles. The van der Waals surface area contributed by atoms with Crippen LogP contribution in [0.15, 0.2) is 158 Å². The lowest BCUT2D eigenvalue weighted by Crippen LogP contribution is -2.04. The van der Waals surface area contributed by atoms with Crippen molar-refractivity contribution in [3.8, 4) is 34.6 Å². The SMILES string of the molecule is C#C/C(=C\C=C(/C)c1c2c(c(-c3ccc4ccccc4c3)c3ccccc13)C=CCC2)n1c2ccccc2c2cc(-c3ccccc3)ccc21. The minimum absolute atomic E-state index is 0.814. The van der Waals surface area contributed by atoms with Crippen LogP contribution in [0.4, 0.5) is 0 Å². The number of aromatic nitrogens is 1. The Labute approximate surface area is 293 Å². The molecule has 0 amide bonds. The molecule has 1 heteroatoms. The average molecular weight is 638 g/mol. The van der Waals surface area contributed by atoms with Crippen LogP contribution in [0.3, 0.4) is 0 Å². The van der Waals surface area contributed by atoms with Crippen LogP contribution >= 0.6 is 0 Å². The molecule has 0 atom stereocenters. The zero-order chi connectivity index (χ0) is 33.6. The van der Waals surface area contributed by atoms with Crippen LogP contribution in [0.1, 0.15) is 30.0 Å². The lowest BCUT2D eigenvalue weighted by molar-refractivity contribution is 0.984. The van der Waals surface area contributed by atoms with Gasteiger partial charge in [0.15, 0.2) is 0 Å². The number of fused-ring (bicyclic) bond motifs is 6. The molecule has 0 saturated carbocycles. The summed E-state index contributed by atoms with van der Waals surface area (Å²) in [6, 6.07) is 50.2. The van der Waals surface area contributed by atoms with E-state index in [2.05, 4.69) is 181 Å². The molecule has 50 heavy (non-hydrogen) atoms. The van der Waals surface area contributed by atoms with Gasteiger partial charge in [-0.3, -0.25) is 0 Å². The van der Waals surface area contributed by atoms with Crippen molar-refractivity contribution in [1.82, 2.24) is 4.57 Å². The van der Waals surface area contributed by atoms with Gasteiger partial charge in [0.05, 0.1) is 16.7 Å². The van der Waals surface area contributed by atoms with E-state index < -0.39 is 0 Å². The topological polar surface area (TPSA) is 4.93 Å². The third kappa shape index (κ3) is 4.89. The van der Waals surface area contributed by atoms with Crippen molar-refractivity contribution in [3.63, 3.8) is 0 Å². The van der Waals surface area contributed by atoms with Crippen LogP contribution in [0.25, 0.3) is 83.0 Å². The molecular weight excluding hydrogens is 603 g/mol. The number of hydrogen-bond acceptors (Lipinski definition) is 0. The third-order valence-electron chi connectivity index (χ3n) is 10.3. The first-order chi connectivity index (χ1) is 24.7. The molecule has 236 valence electrons. The van der Waals surface area contributed by atoms with Crippen molar-refractivity contribution in [2.24, 2.45) is 0 Å². The van der Waals surface area contributed by atoms with E-state index in [1.54, 1.807) is 0 Å². The van der Waals surface area contributed by atoms with Gasteiger partial charge in [0.1, 0.15) is 0 Å². The lowest BCUT2D eigenvalue weighted by Gasteiger charge is -2.24. The van der Waals surface area contributed by atoms with Gasteiger partial charge in [-0.15, -0.1) is 6.42 Å². The van der Waals surface area contributed by atoms with Crippen molar-refractivity contribution >= 4 is 60.7 Å². The molecular formula is C49H35N. The molecule has 1 heterocycles. The molecule has 8 aromatic rings. The number of para-hydroxylation sites is 1. The average Bonchev–Trinajstić information content (AvgIpc) is 3.50. The summed E-state index contributed by atoms with van der Waals surface area (Å²) in [5.74, 6) is 3.05. The molecule has 0 bridgehead atoms. The Hall–Kier alpha value is -6.36.